The Kier molecular flexibility index (Phi) is 4.24. The molecule has 0 saturated heterocycles. The highest BCUT2D eigenvalue weighted by atomic mass is 14.7. The predicted octanol–water partition coefficient (Wildman–Crippen LogP) is 3.19. The summed E-state index contributed by atoms with van der Waals surface area (Å²) in [5, 5.41) is 0. The van der Waals surface area contributed by atoms with E-state index >= 15 is 0 Å². The summed E-state index contributed by atoms with van der Waals surface area (Å²) in [6, 6.07) is 0.454. The third-order valence-electron chi connectivity index (χ3n) is 3.93. The van der Waals surface area contributed by atoms with Crippen molar-refractivity contribution in [2.24, 2.45) is 23.5 Å². The molecule has 0 spiro atoms. The van der Waals surface area contributed by atoms with Crippen LogP contribution in [0.15, 0.2) is 0 Å². The van der Waals surface area contributed by atoms with Gasteiger partial charge in [0.15, 0.2) is 0 Å². The Balaban J connectivity index is 2.39. The molecule has 1 aliphatic carbocycles. The lowest BCUT2D eigenvalue weighted by Crippen LogP contribution is -2.42. The summed E-state index contributed by atoms with van der Waals surface area (Å²) in [6.07, 6.45) is 6.87. The van der Waals surface area contributed by atoms with E-state index in [0.29, 0.717) is 6.04 Å². The first-order valence-corrected chi connectivity index (χ1v) is 5.92. The zero-order chi connectivity index (χ0) is 9.84. The molecule has 1 heteroatoms. The average molecular weight is 183 g/mol. The summed E-state index contributed by atoms with van der Waals surface area (Å²) in [6.45, 7) is 6.92. The van der Waals surface area contributed by atoms with Gasteiger partial charge in [-0.15, -0.1) is 0 Å². The van der Waals surface area contributed by atoms with Gasteiger partial charge in [-0.05, 0) is 30.6 Å². The highest BCUT2D eigenvalue weighted by molar-refractivity contribution is 4.85. The Morgan fingerprint density at radius 3 is 2.54 bits per heavy atom. The van der Waals surface area contributed by atoms with E-state index < -0.39 is 0 Å². The fraction of sp³-hybridized carbons (Fsp3) is 1.00. The van der Waals surface area contributed by atoms with Crippen LogP contribution < -0.4 is 5.73 Å². The zero-order valence-corrected chi connectivity index (χ0v) is 9.42. The summed E-state index contributed by atoms with van der Waals surface area (Å²) in [5.41, 5.74) is 6.18. The molecule has 0 aromatic carbocycles. The Morgan fingerprint density at radius 1 is 1.23 bits per heavy atom. The Morgan fingerprint density at radius 2 is 1.92 bits per heavy atom. The molecule has 2 N–H and O–H groups in total. The summed E-state index contributed by atoms with van der Waals surface area (Å²) in [4.78, 5) is 0. The van der Waals surface area contributed by atoms with Crippen LogP contribution in [0.1, 0.15) is 52.9 Å². The minimum absolute atomic E-state index is 0.454. The van der Waals surface area contributed by atoms with Gasteiger partial charge < -0.3 is 5.73 Å². The molecule has 0 aromatic heterocycles. The van der Waals surface area contributed by atoms with Gasteiger partial charge >= 0.3 is 0 Å². The summed E-state index contributed by atoms with van der Waals surface area (Å²) >= 11 is 0. The van der Waals surface area contributed by atoms with Gasteiger partial charge in [-0.3, -0.25) is 0 Å². The van der Waals surface area contributed by atoms with E-state index in [1.54, 1.807) is 0 Å². The van der Waals surface area contributed by atoms with Crippen LogP contribution in [-0.4, -0.2) is 6.04 Å². The minimum atomic E-state index is 0.454. The largest absolute Gasteiger partial charge is 0.327 e. The Bertz CT molecular complexity index is 142. The molecule has 0 radical (unpaired) electrons. The zero-order valence-electron chi connectivity index (χ0n) is 9.42. The molecule has 1 rings (SSSR count). The van der Waals surface area contributed by atoms with E-state index in [-0.39, 0.29) is 0 Å². The van der Waals surface area contributed by atoms with Crippen molar-refractivity contribution in [3.63, 3.8) is 0 Å². The van der Waals surface area contributed by atoms with Crippen molar-refractivity contribution in [1.29, 1.82) is 0 Å². The van der Waals surface area contributed by atoms with E-state index in [1.807, 2.05) is 0 Å². The molecule has 1 saturated carbocycles. The van der Waals surface area contributed by atoms with Crippen molar-refractivity contribution in [3.8, 4) is 0 Å². The normalized spacial score (nSPS) is 40.6. The van der Waals surface area contributed by atoms with Gasteiger partial charge in [0.1, 0.15) is 0 Å². The summed E-state index contributed by atoms with van der Waals surface area (Å²) in [7, 11) is 0. The van der Waals surface area contributed by atoms with Crippen molar-refractivity contribution >= 4 is 0 Å². The van der Waals surface area contributed by atoms with E-state index in [0.717, 1.165) is 17.8 Å². The molecule has 0 bridgehead atoms. The van der Waals surface area contributed by atoms with Gasteiger partial charge in [0, 0.05) is 6.04 Å². The van der Waals surface area contributed by atoms with Gasteiger partial charge in [-0.1, -0.05) is 40.0 Å². The van der Waals surface area contributed by atoms with Crippen LogP contribution in [0.3, 0.4) is 0 Å². The quantitative estimate of drug-likeness (QED) is 0.714. The van der Waals surface area contributed by atoms with Crippen molar-refractivity contribution in [3.05, 3.63) is 0 Å². The number of hydrogen-bond donors (Lipinski definition) is 1. The SMILES string of the molecule is CCCCC1CCC(C)C(N)C1C. The molecule has 0 aliphatic heterocycles. The Labute approximate surface area is 83.1 Å². The van der Waals surface area contributed by atoms with Crippen molar-refractivity contribution < 1.29 is 0 Å². The maximum absolute atomic E-state index is 6.18. The first-order valence-electron chi connectivity index (χ1n) is 5.92. The molecule has 4 unspecified atom stereocenters. The monoisotopic (exact) mass is 183 g/mol. The van der Waals surface area contributed by atoms with E-state index in [1.165, 1.54) is 32.1 Å². The topological polar surface area (TPSA) is 26.0 Å². The molecular formula is C12H25N. The minimum Gasteiger partial charge on any atom is -0.327 e. The molecule has 0 heterocycles. The molecule has 78 valence electrons. The molecule has 1 nitrogen and oxygen atoms in total. The van der Waals surface area contributed by atoms with Gasteiger partial charge in [-0.25, -0.2) is 0 Å². The Hall–Kier alpha value is -0.0400. The maximum atomic E-state index is 6.18. The van der Waals surface area contributed by atoms with Gasteiger partial charge in [0.25, 0.3) is 0 Å². The smallest absolute Gasteiger partial charge is 0.00930 e. The van der Waals surface area contributed by atoms with Crippen molar-refractivity contribution in [2.75, 3.05) is 0 Å². The molecule has 4 atom stereocenters. The van der Waals surface area contributed by atoms with Crippen LogP contribution in [0.4, 0.5) is 0 Å². The highest BCUT2D eigenvalue weighted by Gasteiger charge is 2.31. The molecule has 13 heavy (non-hydrogen) atoms. The third kappa shape index (κ3) is 2.70. The summed E-state index contributed by atoms with van der Waals surface area (Å²) < 4.78 is 0. The van der Waals surface area contributed by atoms with Crippen LogP contribution in [0, 0.1) is 17.8 Å². The van der Waals surface area contributed by atoms with Crippen LogP contribution in [0.5, 0.6) is 0 Å². The number of nitrogens with two attached hydrogens (primary N) is 1. The van der Waals surface area contributed by atoms with E-state index in [9.17, 15) is 0 Å². The fourth-order valence-corrected chi connectivity index (χ4v) is 2.64. The molecule has 0 aromatic rings. The lowest BCUT2D eigenvalue weighted by molar-refractivity contribution is 0.158. The highest BCUT2D eigenvalue weighted by Crippen LogP contribution is 2.35. The fourth-order valence-electron chi connectivity index (χ4n) is 2.64. The van der Waals surface area contributed by atoms with E-state index in [2.05, 4.69) is 20.8 Å². The van der Waals surface area contributed by atoms with E-state index in [4.69, 9.17) is 5.73 Å². The molecular weight excluding hydrogens is 158 g/mol. The second-order valence-corrected chi connectivity index (χ2v) is 4.89. The van der Waals surface area contributed by atoms with Crippen LogP contribution in [-0.2, 0) is 0 Å². The first kappa shape index (κ1) is 11.0. The summed E-state index contributed by atoms with van der Waals surface area (Å²) in [5.74, 6) is 2.40. The average Bonchev–Trinajstić information content (AvgIpc) is 2.13. The molecule has 1 aliphatic rings. The number of unbranched alkanes of at least 4 members (excludes halogenated alkanes) is 1. The number of rotatable bonds is 3. The second kappa shape index (κ2) is 4.99. The lowest BCUT2D eigenvalue weighted by atomic mass is 9.70. The molecule has 0 amide bonds. The number of hydrogen-bond acceptors (Lipinski definition) is 1. The predicted molar refractivity (Wildman–Crippen MR) is 58.6 cm³/mol. The lowest BCUT2D eigenvalue weighted by Gasteiger charge is -2.38. The third-order valence-corrected chi connectivity index (χ3v) is 3.93. The maximum Gasteiger partial charge on any atom is 0.00930 e. The van der Waals surface area contributed by atoms with Crippen molar-refractivity contribution in [1.82, 2.24) is 0 Å². The standard InChI is InChI=1S/C12H25N/c1-4-5-6-11-8-7-9(2)12(13)10(11)3/h9-12H,4-8,13H2,1-3H3. The van der Waals surface area contributed by atoms with Crippen LogP contribution >= 0.6 is 0 Å². The van der Waals surface area contributed by atoms with Gasteiger partial charge in [-0.2, -0.15) is 0 Å². The van der Waals surface area contributed by atoms with Crippen LogP contribution in [0.2, 0.25) is 0 Å². The van der Waals surface area contributed by atoms with Crippen molar-refractivity contribution in [2.45, 2.75) is 58.9 Å². The first-order chi connectivity index (χ1) is 6.16. The molecule has 1 fully saturated rings. The van der Waals surface area contributed by atoms with Gasteiger partial charge in [0.2, 0.25) is 0 Å². The van der Waals surface area contributed by atoms with Gasteiger partial charge in [0.05, 0.1) is 0 Å². The van der Waals surface area contributed by atoms with Crippen LogP contribution in [0.25, 0.3) is 0 Å². The second-order valence-electron chi connectivity index (χ2n) is 4.89.